The summed E-state index contributed by atoms with van der Waals surface area (Å²) >= 11 is 0. The summed E-state index contributed by atoms with van der Waals surface area (Å²) in [5.74, 6) is -0.654. The quantitative estimate of drug-likeness (QED) is 0.418. The molecule has 1 fully saturated rings. The second-order valence-corrected chi connectivity index (χ2v) is 7.77. The maximum absolute atomic E-state index is 13.0. The lowest BCUT2D eigenvalue weighted by molar-refractivity contribution is -0.117. The van der Waals surface area contributed by atoms with E-state index in [-0.39, 0.29) is 17.4 Å². The van der Waals surface area contributed by atoms with Gasteiger partial charge >= 0.3 is 0 Å². The van der Waals surface area contributed by atoms with Gasteiger partial charge in [0.05, 0.1) is 19.5 Å². The molecule has 0 spiro atoms. The van der Waals surface area contributed by atoms with Gasteiger partial charge in [-0.25, -0.2) is 0 Å². The van der Waals surface area contributed by atoms with Crippen molar-refractivity contribution in [2.45, 2.75) is 6.42 Å². The largest absolute Gasteiger partial charge is 0.459 e. The number of hydrogen-bond acceptors (Lipinski definition) is 5. The Kier molecular flexibility index (Phi) is 7.03. The zero-order chi connectivity index (χ0) is 22.3. The zero-order valence-corrected chi connectivity index (χ0v) is 18.2. The molecule has 0 bridgehead atoms. The van der Waals surface area contributed by atoms with Gasteiger partial charge in [0.1, 0.15) is 5.70 Å². The molecular formula is C24H28N4O4. The van der Waals surface area contributed by atoms with E-state index in [1.807, 2.05) is 42.1 Å². The van der Waals surface area contributed by atoms with Gasteiger partial charge in [0, 0.05) is 49.3 Å². The van der Waals surface area contributed by atoms with Crippen molar-refractivity contribution in [1.29, 1.82) is 0 Å². The highest BCUT2D eigenvalue weighted by Crippen LogP contribution is 2.22. The van der Waals surface area contributed by atoms with Gasteiger partial charge in [-0.2, -0.15) is 0 Å². The molecule has 8 heteroatoms. The lowest BCUT2D eigenvalue weighted by Gasteiger charge is -2.26. The molecule has 3 heterocycles. The third-order valence-corrected chi connectivity index (χ3v) is 5.51. The molecule has 8 nitrogen and oxygen atoms in total. The SMILES string of the molecule is Cn1cc(C=C(NC(=O)c2ccco2)C(=O)NCCCN2CCOCC2)c2ccccc21. The minimum atomic E-state index is -0.468. The number of rotatable bonds is 8. The Labute approximate surface area is 186 Å². The third kappa shape index (κ3) is 5.27. The van der Waals surface area contributed by atoms with Crippen molar-refractivity contribution >= 4 is 28.8 Å². The smallest absolute Gasteiger partial charge is 0.291 e. The first-order valence-electron chi connectivity index (χ1n) is 10.8. The van der Waals surface area contributed by atoms with Crippen molar-refractivity contribution in [2.24, 2.45) is 7.05 Å². The molecule has 1 aliphatic rings. The Morgan fingerprint density at radius 1 is 1.12 bits per heavy atom. The van der Waals surface area contributed by atoms with Crippen LogP contribution in [-0.2, 0) is 16.6 Å². The predicted molar refractivity (Wildman–Crippen MR) is 122 cm³/mol. The number of aryl methyl sites for hydroxylation is 1. The van der Waals surface area contributed by atoms with Crippen LogP contribution >= 0.6 is 0 Å². The number of ether oxygens (including phenoxy) is 1. The molecule has 168 valence electrons. The van der Waals surface area contributed by atoms with Crippen LogP contribution in [-0.4, -0.2) is 60.7 Å². The predicted octanol–water partition coefficient (Wildman–Crippen LogP) is 2.38. The molecule has 32 heavy (non-hydrogen) atoms. The molecule has 0 unspecified atom stereocenters. The number of aromatic nitrogens is 1. The van der Waals surface area contributed by atoms with Gasteiger partial charge in [-0.1, -0.05) is 18.2 Å². The van der Waals surface area contributed by atoms with Crippen molar-refractivity contribution in [3.05, 3.63) is 65.9 Å². The highest BCUT2D eigenvalue weighted by atomic mass is 16.5. The van der Waals surface area contributed by atoms with Gasteiger partial charge in [-0.05, 0) is 37.2 Å². The molecule has 0 saturated carbocycles. The van der Waals surface area contributed by atoms with E-state index in [2.05, 4.69) is 15.5 Å². The molecule has 4 rings (SSSR count). The monoisotopic (exact) mass is 436 g/mol. The van der Waals surface area contributed by atoms with Gasteiger partial charge in [0.25, 0.3) is 11.8 Å². The molecule has 0 radical (unpaired) electrons. The highest BCUT2D eigenvalue weighted by Gasteiger charge is 2.17. The second kappa shape index (κ2) is 10.3. The van der Waals surface area contributed by atoms with Crippen molar-refractivity contribution in [3.63, 3.8) is 0 Å². The van der Waals surface area contributed by atoms with E-state index in [4.69, 9.17) is 9.15 Å². The summed E-state index contributed by atoms with van der Waals surface area (Å²) in [7, 11) is 1.95. The number of morpholine rings is 1. The van der Waals surface area contributed by atoms with E-state index in [9.17, 15) is 9.59 Å². The van der Waals surface area contributed by atoms with E-state index in [0.717, 1.165) is 55.7 Å². The number of amides is 2. The van der Waals surface area contributed by atoms with Gasteiger partial charge < -0.3 is 24.4 Å². The van der Waals surface area contributed by atoms with Crippen LogP contribution in [0, 0.1) is 0 Å². The Hall–Kier alpha value is -3.36. The maximum Gasteiger partial charge on any atom is 0.291 e. The Morgan fingerprint density at radius 2 is 1.94 bits per heavy atom. The summed E-state index contributed by atoms with van der Waals surface area (Å²) < 4.78 is 12.5. The first-order chi connectivity index (χ1) is 15.6. The first-order valence-corrected chi connectivity index (χ1v) is 10.8. The Morgan fingerprint density at radius 3 is 2.72 bits per heavy atom. The van der Waals surface area contributed by atoms with Crippen LogP contribution in [0.3, 0.4) is 0 Å². The van der Waals surface area contributed by atoms with Crippen LogP contribution in [0.15, 0.2) is 59.0 Å². The van der Waals surface area contributed by atoms with Crippen LogP contribution in [0.25, 0.3) is 17.0 Å². The van der Waals surface area contributed by atoms with Crippen molar-refractivity contribution in [2.75, 3.05) is 39.4 Å². The van der Waals surface area contributed by atoms with Gasteiger partial charge in [-0.3, -0.25) is 14.5 Å². The van der Waals surface area contributed by atoms with Crippen molar-refractivity contribution < 1.29 is 18.7 Å². The van der Waals surface area contributed by atoms with Crippen LogP contribution in [0.2, 0.25) is 0 Å². The lowest BCUT2D eigenvalue weighted by atomic mass is 10.1. The van der Waals surface area contributed by atoms with Crippen LogP contribution in [0.4, 0.5) is 0 Å². The Bertz CT molecular complexity index is 1090. The summed E-state index contributed by atoms with van der Waals surface area (Å²) in [6.07, 6.45) is 5.89. The minimum Gasteiger partial charge on any atom is -0.459 e. The molecule has 0 aliphatic carbocycles. The number of para-hydroxylation sites is 1. The summed E-state index contributed by atoms with van der Waals surface area (Å²) in [6, 6.07) is 11.1. The molecule has 1 saturated heterocycles. The molecule has 3 aromatic rings. The second-order valence-electron chi connectivity index (χ2n) is 7.77. The molecule has 0 atom stereocenters. The van der Waals surface area contributed by atoms with Crippen LogP contribution in [0.1, 0.15) is 22.5 Å². The van der Waals surface area contributed by atoms with Gasteiger partial charge in [0.2, 0.25) is 0 Å². The van der Waals surface area contributed by atoms with Crippen molar-refractivity contribution in [1.82, 2.24) is 20.1 Å². The highest BCUT2D eigenvalue weighted by molar-refractivity contribution is 6.05. The van der Waals surface area contributed by atoms with Gasteiger partial charge in [0.15, 0.2) is 5.76 Å². The number of nitrogens with zero attached hydrogens (tertiary/aromatic N) is 2. The average Bonchev–Trinajstić information content (AvgIpc) is 3.46. The first kappa shape index (κ1) is 21.9. The number of furan rings is 1. The fraction of sp³-hybridized carbons (Fsp3) is 0.333. The van der Waals surface area contributed by atoms with Crippen molar-refractivity contribution in [3.8, 4) is 0 Å². The summed E-state index contributed by atoms with van der Waals surface area (Å²) in [5, 5.41) is 6.64. The Balaban J connectivity index is 1.48. The molecule has 2 amide bonds. The summed E-state index contributed by atoms with van der Waals surface area (Å²) in [6.45, 7) is 4.75. The maximum atomic E-state index is 13.0. The number of nitrogens with one attached hydrogen (secondary N) is 2. The molecular weight excluding hydrogens is 408 g/mol. The topological polar surface area (TPSA) is 88.7 Å². The number of fused-ring (bicyclic) bond motifs is 1. The fourth-order valence-electron chi connectivity index (χ4n) is 3.82. The number of carbonyl (C=O) groups excluding carboxylic acids is 2. The fourth-order valence-corrected chi connectivity index (χ4v) is 3.82. The third-order valence-electron chi connectivity index (χ3n) is 5.51. The van der Waals surface area contributed by atoms with Gasteiger partial charge in [-0.15, -0.1) is 0 Å². The summed E-state index contributed by atoms with van der Waals surface area (Å²) in [5.41, 5.74) is 2.07. The number of benzene rings is 1. The zero-order valence-electron chi connectivity index (χ0n) is 18.2. The lowest BCUT2D eigenvalue weighted by Crippen LogP contribution is -2.39. The molecule has 1 aromatic carbocycles. The summed E-state index contributed by atoms with van der Waals surface area (Å²) in [4.78, 5) is 27.9. The van der Waals surface area contributed by atoms with Crippen LogP contribution in [0.5, 0.6) is 0 Å². The molecule has 1 aliphatic heterocycles. The van der Waals surface area contributed by atoms with E-state index in [1.165, 1.54) is 6.26 Å². The van der Waals surface area contributed by atoms with Crippen LogP contribution < -0.4 is 10.6 Å². The van der Waals surface area contributed by atoms with E-state index < -0.39 is 5.91 Å². The number of hydrogen-bond donors (Lipinski definition) is 2. The minimum absolute atomic E-state index is 0.147. The normalized spacial score (nSPS) is 15.1. The van der Waals surface area contributed by atoms with E-state index in [0.29, 0.717) is 6.54 Å². The molecule has 2 N–H and O–H groups in total. The standard InChI is InChI=1S/C24H28N4O4/c1-27-17-18(19-6-2-3-7-21(19)27)16-20(26-24(30)22-8-4-13-32-22)23(29)25-9-5-10-28-11-14-31-15-12-28/h2-4,6-8,13,16-17H,5,9-12,14-15H2,1H3,(H,25,29)(H,26,30). The van der Waals surface area contributed by atoms with E-state index in [1.54, 1.807) is 18.2 Å². The number of carbonyl (C=O) groups is 2. The average molecular weight is 437 g/mol. The van der Waals surface area contributed by atoms with E-state index >= 15 is 0 Å². The molecule has 2 aromatic heterocycles.